The molecule has 602 valence electrons. The lowest BCUT2D eigenvalue weighted by Gasteiger charge is -2.50. The van der Waals surface area contributed by atoms with Gasteiger partial charge in [0.1, 0.15) is 67.1 Å². The van der Waals surface area contributed by atoms with Crippen LogP contribution in [0.15, 0.2) is 36.5 Å². The lowest BCUT2D eigenvalue weighted by atomic mass is 9.88. The minimum atomic E-state index is -3.08. The van der Waals surface area contributed by atoms with Crippen LogP contribution in [0.25, 0.3) is 0 Å². The predicted molar refractivity (Wildman–Crippen MR) is 398 cm³/mol. The number of hydrogen-bond donors (Lipinski definition) is 14. The normalized spacial score (nSPS) is 26.7. The Labute approximate surface area is 618 Å². The van der Waals surface area contributed by atoms with Crippen LogP contribution in [0.1, 0.15) is 316 Å². The summed E-state index contributed by atoms with van der Waals surface area (Å²) in [6, 6.07) is -2.63. The number of rotatable bonds is 64. The third-order valence-corrected chi connectivity index (χ3v) is 20.6. The van der Waals surface area contributed by atoms with Gasteiger partial charge in [0.05, 0.1) is 50.7 Å². The second-order valence-electron chi connectivity index (χ2n) is 29.6. The smallest absolute Gasteiger partial charge is 0.364 e. The van der Waals surface area contributed by atoms with Crippen LogP contribution in [0.4, 0.5) is 0 Å². The number of carbonyl (C=O) groups is 3. The van der Waals surface area contributed by atoms with E-state index in [1.165, 1.54) is 212 Å². The van der Waals surface area contributed by atoms with Crippen LogP contribution in [0.3, 0.4) is 0 Å². The van der Waals surface area contributed by atoms with Crippen LogP contribution in [-0.4, -0.2) is 215 Å². The predicted octanol–water partition coefficient (Wildman–Crippen LogP) is 10.9. The third kappa shape index (κ3) is 39.2. The van der Waals surface area contributed by atoms with Crippen molar-refractivity contribution in [2.75, 3.05) is 26.4 Å². The summed E-state index contributed by atoms with van der Waals surface area (Å²) in [5.74, 6) is -6.15. The van der Waals surface area contributed by atoms with Crippen molar-refractivity contribution < 1.29 is 104 Å². The first-order chi connectivity index (χ1) is 49.9. The highest BCUT2D eigenvalue weighted by Gasteiger charge is 2.60. The highest BCUT2D eigenvalue weighted by molar-refractivity contribution is 5.77. The number of aliphatic hydroxyl groups excluding tert-OH is 11. The molecule has 18 atom stereocenters. The summed E-state index contributed by atoms with van der Waals surface area (Å²) < 4.78 is 34.9. The van der Waals surface area contributed by atoms with E-state index in [1.807, 2.05) is 6.08 Å². The highest BCUT2D eigenvalue weighted by atomic mass is 16.8. The molecule has 0 aromatic rings. The van der Waals surface area contributed by atoms with Crippen LogP contribution in [0.5, 0.6) is 0 Å². The van der Waals surface area contributed by atoms with Crippen molar-refractivity contribution in [3.05, 3.63) is 36.5 Å². The first-order valence-corrected chi connectivity index (χ1v) is 40.9. The molecule has 3 fully saturated rings. The second kappa shape index (κ2) is 58.9. The molecule has 3 rings (SSSR count). The van der Waals surface area contributed by atoms with Gasteiger partial charge in [0.25, 0.3) is 5.79 Å². The van der Waals surface area contributed by atoms with Gasteiger partial charge in [-0.25, -0.2) is 4.79 Å². The molecule has 18 unspecified atom stereocenters. The summed E-state index contributed by atoms with van der Waals surface area (Å²) in [7, 11) is 0. The molecule has 0 radical (unpaired) electrons. The Morgan fingerprint density at radius 3 is 1.37 bits per heavy atom. The van der Waals surface area contributed by atoms with E-state index < -0.39 is 155 Å². The fourth-order valence-electron chi connectivity index (χ4n) is 14.1. The van der Waals surface area contributed by atoms with Crippen molar-refractivity contribution in [1.29, 1.82) is 0 Å². The Morgan fingerprint density at radius 2 is 0.942 bits per heavy atom. The Hall–Kier alpha value is -3.05. The quantitative estimate of drug-likeness (QED) is 0.0199. The van der Waals surface area contributed by atoms with Crippen LogP contribution in [0, 0.1) is 0 Å². The zero-order chi connectivity index (χ0) is 75.3. The molecule has 23 nitrogen and oxygen atoms in total. The van der Waals surface area contributed by atoms with Crippen molar-refractivity contribution in [2.24, 2.45) is 0 Å². The van der Waals surface area contributed by atoms with E-state index in [0.29, 0.717) is 12.8 Å². The highest BCUT2D eigenvalue weighted by Crippen LogP contribution is 2.39. The van der Waals surface area contributed by atoms with Gasteiger partial charge in [-0.1, -0.05) is 281 Å². The van der Waals surface area contributed by atoms with E-state index in [1.54, 1.807) is 6.08 Å². The molecule has 3 saturated heterocycles. The molecule has 23 heteroatoms. The SMILES string of the molecule is CCCCCCCCCCC/C=C\C/C=C\CCCCCCCCCCCC(=O)NC(COC1OC(CO)C(OC2OC(CO)C(O)C(OC3(C(=O)O)CC(O)C(NC(C)=O)C(C(O)C(O)CO)O3)C2O)C(O)C1O)C(O)/C=C/CCCCCCCCCCCCCCCCCCCCCCCC. The maximum Gasteiger partial charge on any atom is 0.364 e. The number of ether oxygens (including phenoxy) is 6. The Kier molecular flexibility index (Phi) is 53.8. The van der Waals surface area contributed by atoms with Gasteiger partial charge in [-0.2, -0.15) is 0 Å². The number of hydrogen-bond acceptors (Lipinski definition) is 20. The maximum atomic E-state index is 13.5. The van der Waals surface area contributed by atoms with E-state index in [0.717, 1.165) is 64.7 Å². The Morgan fingerprint density at radius 1 is 0.515 bits per heavy atom. The molecule has 0 aromatic carbocycles. The molecule has 0 aliphatic carbocycles. The largest absolute Gasteiger partial charge is 0.477 e. The zero-order valence-electron chi connectivity index (χ0n) is 63.7. The monoisotopic (exact) mass is 1470 g/mol. The Balaban J connectivity index is 1.53. The molecule has 0 saturated carbocycles. The summed E-state index contributed by atoms with van der Waals surface area (Å²) in [4.78, 5) is 38.7. The molecule has 3 aliphatic rings. The second-order valence-corrected chi connectivity index (χ2v) is 29.6. The fourth-order valence-corrected chi connectivity index (χ4v) is 14.1. The van der Waals surface area contributed by atoms with E-state index >= 15 is 0 Å². The number of nitrogens with one attached hydrogen (secondary N) is 2. The molecule has 103 heavy (non-hydrogen) atoms. The summed E-state index contributed by atoms with van der Waals surface area (Å²) in [6.45, 7) is 2.18. The molecule has 3 heterocycles. The molecular formula is C80H146N2O21. The van der Waals surface area contributed by atoms with Crippen LogP contribution in [-0.2, 0) is 42.8 Å². The number of amides is 2. The number of carboxylic acids is 1. The third-order valence-electron chi connectivity index (χ3n) is 20.6. The number of carboxylic acid groups (broad SMARTS) is 1. The Bertz CT molecular complexity index is 2200. The molecule has 0 bridgehead atoms. The van der Waals surface area contributed by atoms with Gasteiger partial charge in [0.15, 0.2) is 12.6 Å². The summed E-state index contributed by atoms with van der Waals surface area (Å²) in [6.07, 6.45) is 37.4. The number of aliphatic carboxylic acids is 1. The van der Waals surface area contributed by atoms with Crippen molar-refractivity contribution in [3.63, 3.8) is 0 Å². The molecule has 3 aliphatic heterocycles. The molecule has 2 amide bonds. The lowest BCUT2D eigenvalue weighted by molar-refractivity contribution is -0.386. The van der Waals surface area contributed by atoms with Crippen molar-refractivity contribution in [2.45, 2.75) is 426 Å². The van der Waals surface area contributed by atoms with Gasteiger partial charge in [-0.05, 0) is 51.4 Å². The van der Waals surface area contributed by atoms with Crippen molar-refractivity contribution >= 4 is 17.8 Å². The summed E-state index contributed by atoms with van der Waals surface area (Å²) >= 11 is 0. The van der Waals surface area contributed by atoms with Gasteiger partial charge < -0.3 is 100 Å². The van der Waals surface area contributed by atoms with Gasteiger partial charge in [-0.15, -0.1) is 0 Å². The first-order valence-electron chi connectivity index (χ1n) is 40.9. The van der Waals surface area contributed by atoms with Gasteiger partial charge in [0.2, 0.25) is 11.8 Å². The van der Waals surface area contributed by atoms with Crippen LogP contribution >= 0.6 is 0 Å². The number of carbonyl (C=O) groups excluding carboxylic acids is 2. The van der Waals surface area contributed by atoms with Crippen molar-refractivity contribution in [3.8, 4) is 0 Å². The van der Waals surface area contributed by atoms with E-state index in [4.69, 9.17) is 28.4 Å². The molecule has 14 N–H and O–H groups in total. The molecule has 0 aromatic heterocycles. The maximum absolute atomic E-state index is 13.5. The summed E-state index contributed by atoms with van der Waals surface area (Å²) in [5.41, 5.74) is 0. The zero-order valence-corrected chi connectivity index (χ0v) is 63.7. The van der Waals surface area contributed by atoms with E-state index in [-0.39, 0.29) is 12.3 Å². The van der Waals surface area contributed by atoms with Gasteiger partial charge in [-0.3, -0.25) is 9.59 Å². The summed E-state index contributed by atoms with van der Waals surface area (Å²) in [5, 5.41) is 136. The molecular weight excluding hydrogens is 1320 g/mol. The standard InChI is InChI=1S/C80H146N2O21/c1-4-6-8-10-12-14-16-18-20-22-24-26-28-30-32-34-36-38-40-42-44-46-48-50-52-54-67(90)82-61(62(87)53-51-49-47-45-43-41-39-37-35-33-31-29-27-25-23-21-19-17-15-13-11-9-7-5-2)59-98-77-72(94)71(93)74(66(58-85)100-77)101-78-73(95)76(70(92)65(57-84)99-78)103-80(79(96)97)55-63(88)68(81-60(3)86)75(102-80)69(91)64(89)56-83/h24,26,30,32,51,53,61-66,68-78,83-85,87-89,91-95H,4-23,25,27-29,31,33-50,52,54-59H2,1-3H3,(H,81,86)(H,82,90)(H,96,97)/b26-24-,32-30-,53-51+. The van der Waals surface area contributed by atoms with E-state index in [2.05, 4.69) is 48.8 Å². The average molecular weight is 1470 g/mol. The average Bonchev–Trinajstić information content (AvgIpc) is 0.754. The van der Waals surface area contributed by atoms with Gasteiger partial charge >= 0.3 is 5.97 Å². The van der Waals surface area contributed by atoms with Crippen molar-refractivity contribution in [1.82, 2.24) is 10.6 Å². The van der Waals surface area contributed by atoms with Gasteiger partial charge in [0, 0.05) is 19.8 Å². The lowest BCUT2D eigenvalue weighted by Crippen LogP contribution is -2.70. The van der Waals surface area contributed by atoms with E-state index in [9.17, 15) is 75.7 Å². The number of unbranched alkanes of at least 4 members (excludes halogenated alkanes) is 40. The number of aliphatic hydroxyl groups is 11. The first kappa shape index (κ1) is 94.2. The minimum absolute atomic E-state index is 0.195. The molecule has 0 spiro atoms. The minimum Gasteiger partial charge on any atom is -0.477 e. The topological polar surface area (TPSA) is 373 Å². The fraction of sp³-hybridized carbons (Fsp3) is 0.887. The van der Waals surface area contributed by atoms with Crippen LogP contribution < -0.4 is 10.6 Å². The number of allylic oxidation sites excluding steroid dienone is 5. The van der Waals surface area contributed by atoms with Crippen LogP contribution in [0.2, 0.25) is 0 Å².